The van der Waals surface area contributed by atoms with Crippen LogP contribution in [0.15, 0.2) is 6.33 Å². The Bertz CT molecular complexity index is 327. The molecular formula is C9H14F2N4. The topological polar surface area (TPSA) is 34.0 Å². The van der Waals surface area contributed by atoms with E-state index in [1.165, 1.54) is 0 Å². The van der Waals surface area contributed by atoms with Crippen LogP contribution in [-0.2, 0) is 13.6 Å². The van der Waals surface area contributed by atoms with Gasteiger partial charge in [0.2, 0.25) is 0 Å². The summed E-state index contributed by atoms with van der Waals surface area (Å²) in [6.07, 6.45) is 1.52. The van der Waals surface area contributed by atoms with Crippen LogP contribution in [0, 0.1) is 0 Å². The van der Waals surface area contributed by atoms with Gasteiger partial charge in [0.25, 0.3) is 5.92 Å². The number of aromatic nitrogens is 3. The predicted molar refractivity (Wildman–Crippen MR) is 50.5 cm³/mol. The second kappa shape index (κ2) is 3.84. The number of halogens is 2. The van der Waals surface area contributed by atoms with E-state index in [1.807, 2.05) is 16.5 Å². The molecule has 2 rings (SSSR count). The summed E-state index contributed by atoms with van der Waals surface area (Å²) < 4.78 is 27.6. The first-order valence-corrected chi connectivity index (χ1v) is 5.00. The molecule has 0 aromatic carbocycles. The van der Waals surface area contributed by atoms with Gasteiger partial charge in [-0.2, -0.15) is 0 Å². The minimum atomic E-state index is -2.48. The van der Waals surface area contributed by atoms with Crippen LogP contribution in [0.4, 0.5) is 8.78 Å². The van der Waals surface area contributed by atoms with Gasteiger partial charge in [0.05, 0.1) is 6.54 Å². The molecule has 2 heterocycles. The molecule has 0 bridgehead atoms. The van der Waals surface area contributed by atoms with Gasteiger partial charge < -0.3 is 4.57 Å². The van der Waals surface area contributed by atoms with Crippen molar-refractivity contribution in [2.75, 3.05) is 13.1 Å². The van der Waals surface area contributed by atoms with E-state index >= 15 is 0 Å². The van der Waals surface area contributed by atoms with Crippen LogP contribution in [0.3, 0.4) is 0 Å². The third-order valence-electron chi connectivity index (χ3n) is 2.76. The van der Waals surface area contributed by atoms with E-state index in [-0.39, 0.29) is 12.8 Å². The Morgan fingerprint density at radius 1 is 1.40 bits per heavy atom. The summed E-state index contributed by atoms with van der Waals surface area (Å²) >= 11 is 0. The average molecular weight is 216 g/mol. The first kappa shape index (κ1) is 10.5. The van der Waals surface area contributed by atoms with E-state index in [1.54, 1.807) is 6.33 Å². The molecule has 4 nitrogen and oxygen atoms in total. The summed E-state index contributed by atoms with van der Waals surface area (Å²) in [5.41, 5.74) is 0. The minimum absolute atomic E-state index is 0.0507. The number of rotatable bonds is 2. The lowest BCUT2D eigenvalue weighted by atomic mass is 10.1. The van der Waals surface area contributed by atoms with Gasteiger partial charge in [-0.3, -0.25) is 4.90 Å². The molecule has 0 spiro atoms. The van der Waals surface area contributed by atoms with E-state index in [4.69, 9.17) is 0 Å². The minimum Gasteiger partial charge on any atom is -0.320 e. The average Bonchev–Trinajstić information content (AvgIpc) is 2.56. The van der Waals surface area contributed by atoms with Gasteiger partial charge in [-0.25, -0.2) is 8.78 Å². The number of aryl methyl sites for hydroxylation is 1. The van der Waals surface area contributed by atoms with Gasteiger partial charge in [-0.05, 0) is 0 Å². The SMILES string of the molecule is Cn1cnnc1CN1CCC(F)(F)CC1. The molecule has 1 aromatic heterocycles. The van der Waals surface area contributed by atoms with Crippen molar-refractivity contribution in [3.63, 3.8) is 0 Å². The summed E-state index contributed by atoms with van der Waals surface area (Å²) in [6, 6.07) is 0. The van der Waals surface area contributed by atoms with Crippen molar-refractivity contribution in [3.8, 4) is 0 Å². The van der Waals surface area contributed by atoms with Crippen molar-refractivity contribution >= 4 is 0 Å². The highest BCUT2D eigenvalue weighted by Gasteiger charge is 2.34. The third-order valence-corrected chi connectivity index (χ3v) is 2.76. The molecule has 15 heavy (non-hydrogen) atoms. The van der Waals surface area contributed by atoms with Crippen LogP contribution in [-0.4, -0.2) is 38.7 Å². The maximum absolute atomic E-state index is 12.9. The lowest BCUT2D eigenvalue weighted by Gasteiger charge is -2.31. The fourth-order valence-corrected chi connectivity index (χ4v) is 1.69. The maximum atomic E-state index is 12.9. The molecule has 0 radical (unpaired) electrons. The molecular weight excluding hydrogens is 202 g/mol. The molecule has 0 unspecified atom stereocenters. The molecule has 1 aliphatic rings. The van der Waals surface area contributed by atoms with Gasteiger partial charge >= 0.3 is 0 Å². The number of likely N-dealkylation sites (tertiary alicyclic amines) is 1. The molecule has 1 fully saturated rings. The molecule has 1 aliphatic heterocycles. The predicted octanol–water partition coefficient (Wildman–Crippen LogP) is 1.05. The number of hydrogen-bond acceptors (Lipinski definition) is 3. The van der Waals surface area contributed by atoms with Crippen molar-refractivity contribution < 1.29 is 8.78 Å². The maximum Gasteiger partial charge on any atom is 0.250 e. The molecule has 0 N–H and O–H groups in total. The second-order valence-electron chi connectivity index (χ2n) is 3.99. The largest absolute Gasteiger partial charge is 0.320 e. The third kappa shape index (κ3) is 2.50. The summed E-state index contributed by atoms with van der Waals surface area (Å²) in [5.74, 6) is -1.66. The Kier molecular flexibility index (Phi) is 2.68. The van der Waals surface area contributed by atoms with Crippen LogP contribution in [0.2, 0.25) is 0 Å². The van der Waals surface area contributed by atoms with Crippen LogP contribution in [0.5, 0.6) is 0 Å². The summed E-state index contributed by atoms with van der Waals surface area (Å²) in [6.45, 7) is 1.46. The zero-order valence-electron chi connectivity index (χ0n) is 8.66. The molecule has 0 aliphatic carbocycles. The number of piperidine rings is 1. The van der Waals surface area contributed by atoms with Crippen molar-refractivity contribution in [3.05, 3.63) is 12.2 Å². The second-order valence-corrected chi connectivity index (χ2v) is 3.99. The van der Waals surface area contributed by atoms with Crippen LogP contribution >= 0.6 is 0 Å². The molecule has 0 saturated carbocycles. The Morgan fingerprint density at radius 3 is 2.60 bits per heavy atom. The fraction of sp³-hybridized carbons (Fsp3) is 0.778. The monoisotopic (exact) mass is 216 g/mol. The highest BCUT2D eigenvalue weighted by atomic mass is 19.3. The molecule has 6 heteroatoms. The standard InChI is InChI=1S/C9H14F2N4/c1-14-7-12-13-8(14)6-15-4-2-9(10,11)3-5-15/h7H,2-6H2,1H3. The van der Waals surface area contributed by atoms with Gasteiger partial charge in [-0.1, -0.05) is 0 Å². The van der Waals surface area contributed by atoms with Gasteiger partial charge in [0.15, 0.2) is 0 Å². The Hall–Kier alpha value is -1.04. The molecule has 1 aromatic rings. The van der Waals surface area contributed by atoms with Gasteiger partial charge in [-0.15, -0.1) is 10.2 Å². The van der Waals surface area contributed by atoms with E-state index in [2.05, 4.69) is 10.2 Å². The van der Waals surface area contributed by atoms with Crippen LogP contribution in [0.1, 0.15) is 18.7 Å². The summed E-state index contributed by atoms with van der Waals surface area (Å²) in [4.78, 5) is 1.99. The van der Waals surface area contributed by atoms with Crippen molar-refractivity contribution in [2.45, 2.75) is 25.3 Å². The molecule has 1 saturated heterocycles. The number of nitrogens with zero attached hydrogens (tertiary/aromatic N) is 4. The summed E-state index contributed by atoms with van der Waals surface area (Å²) in [7, 11) is 1.86. The van der Waals surface area contributed by atoms with Crippen molar-refractivity contribution in [1.82, 2.24) is 19.7 Å². The lowest BCUT2D eigenvalue weighted by molar-refractivity contribution is -0.0571. The van der Waals surface area contributed by atoms with Crippen LogP contribution in [0.25, 0.3) is 0 Å². The number of hydrogen-bond donors (Lipinski definition) is 0. The Labute approximate surface area is 86.9 Å². The van der Waals surface area contributed by atoms with Gasteiger partial charge in [0.1, 0.15) is 12.2 Å². The zero-order chi connectivity index (χ0) is 10.9. The first-order chi connectivity index (χ1) is 7.07. The van der Waals surface area contributed by atoms with E-state index in [9.17, 15) is 8.78 Å². The Morgan fingerprint density at radius 2 is 2.07 bits per heavy atom. The van der Waals surface area contributed by atoms with Crippen molar-refractivity contribution in [1.29, 1.82) is 0 Å². The van der Waals surface area contributed by atoms with Crippen LogP contribution < -0.4 is 0 Å². The zero-order valence-corrected chi connectivity index (χ0v) is 8.66. The molecule has 0 atom stereocenters. The quantitative estimate of drug-likeness (QED) is 0.741. The first-order valence-electron chi connectivity index (χ1n) is 5.00. The smallest absolute Gasteiger partial charge is 0.250 e. The van der Waals surface area contributed by atoms with E-state index in [0.717, 1.165) is 5.82 Å². The highest BCUT2D eigenvalue weighted by molar-refractivity contribution is 4.87. The number of alkyl halides is 2. The van der Waals surface area contributed by atoms with E-state index < -0.39 is 5.92 Å². The normalized spacial score (nSPS) is 21.8. The Balaban J connectivity index is 1.90. The molecule has 0 amide bonds. The van der Waals surface area contributed by atoms with Gasteiger partial charge in [0, 0.05) is 33.0 Å². The lowest BCUT2D eigenvalue weighted by Crippen LogP contribution is -2.39. The van der Waals surface area contributed by atoms with Crippen molar-refractivity contribution in [2.24, 2.45) is 7.05 Å². The fourth-order valence-electron chi connectivity index (χ4n) is 1.69. The molecule has 84 valence electrons. The highest BCUT2D eigenvalue weighted by Crippen LogP contribution is 2.27. The van der Waals surface area contributed by atoms with E-state index in [0.29, 0.717) is 19.6 Å². The summed E-state index contributed by atoms with van der Waals surface area (Å²) in [5, 5.41) is 7.68.